The fraction of sp³-hybridized carbons (Fsp3) is 0.364. The maximum absolute atomic E-state index is 5.77. The van der Waals surface area contributed by atoms with E-state index < -0.39 is 0 Å². The van der Waals surface area contributed by atoms with E-state index in [9.17, 15) is 0 Å². The summed E-state index contributed by atoms with van der Waals surface area (Å²) in [6.45, 7) is 3.05. The molecule has 0 bridgehead atoms. The van der Waals surface area contributed by atoms with Crippen molar-refractivity contribution in [3.05, 3.63) is 34.9 Å². The zero-order chi connectivity index (χ0) is 10.2. The average molecular weight is 228 g/mol. The zero-order valence-electron chi connectivity index (χ0n) is 8.24. The van der Waals surface area contributed by atoms with Crippen molar-refractivity contribution in [1.82, 2.24) is 0 Å². The van der Waals surface area contributed by atoms with E-state index >= 15 is 0 Å². The van der Waals surface area contributed by atoms with Gasteiger partial charge in [0, 0.05) is 23.5 Å². The second kappa shape index (κ2) is 6.91. The van der Waals surface area contributed by atoms with E-state index in [2.05, 4.69) is 11.9 Å². The van der Waals surface area contributed by atoms with Crippen molar-refractivity contribution >= 4 is 29.6 Å². The molecule has 0 radical (unpaired) electrons. The van der Waals surface area contributed by atoms with Crippen LogP contribution in [-0.4, -0.2) is 24.3 Å². The Bertz CT molecular complexity index is 282. The first-order chi connectivity index (χ1) is 6.83. The van der Waals surface area contributed by atoms with Crippen LogP contribution >= 0.6 is 23.4 Å². The summed E-state index contributed by atoms with van der Waals surface area (Å²) in [4.78, 5) is 4.32. The molecule has 0 aliphatic rings. The molecule has 76 valence electrons. The summed E-state index contributed by atoms with van der Waals surface area (Å²) in [6.07, 6.45) is 1.90. The van der Waals surface area contributed by atoms with Gasteiger partial charge in [0.2, 0.25) is 0 Å². The van der Waals surface area contributed by atoms with Crippen LogP contribution in [-0.2, 0) is 0 Å². The van der Waals surface area contributed by atoms with Gasteiger partial charge < -0.3 is 0 Å². The maximum atomic E-state index is 5.77. The van der Waals surface area contributed by atoms with Gasteiger partial charge in [0.25, 0.3) is 0 Å². The molecule has 0 saturated heterocycles. The van der Waals surface area contributed by atoms with E-state index in [1.807, 2.05) is 42.2 Å². The van der Waals surface area contributed by atoms with Gasteiger partial charge in [-0.2, -0.15) is 11.8 Å². The molecule has 0 N–H and O–H groups in total. The van der Waals surface area contributed by atoms with Gasteiger partial charge >= 0.3 is 0 Å². The van der Waals surface area contributed by atoms with E-state index in [1.54, 1.807) is 0 Å². The molecule has 0 heterocycles. The first-order valence-electron chi connectivity index (χ1n) is 4.66. The summed E-state index contributed by atoms with van der Waals surface area (Å²) in [6, 6.07) is 7.70. The number of hydrogen-bond donors (Lipinski definition) is 0. The minimum atomic E-state index is 0.767. The molecule has 0 aliphatic heterocycles. The Morgan fingerprint density at radius 1 is 1.36 bits per heavy atom. The first kappa shape index (κ1) is 11.6. The molecular weight excluding hydrogens is 214 g/mol. The van der Waals surface area contributed by atoms with Crippen LogP contribution < -0.4 is 0 Å². The minimum Gasteiger partial charge on any atom is -0.292 e. The largest absolute Gasteiger partial charge is 0.292 e. The highest BCUT2D eigenvalue weighted by molar-refractivity contribution is 7.99. The quantitative estimate of drug-likeness (QED) is 0.554. The fourth-order valence-electron chi connectivity index (χ4n) is 0.980. The molecule has 1 aromatic rings. The summed E-state index contributed by atoms with van der Waals surface area (Å²) in [5.74, 6) is 2.26. The van der Waals surface area contributed by atoms with Crippen molar-refractivity contribution in [2.24, 2.45) is 4.99 Å². The van der Waals surface area contributed by atoms with Crippen LogP contribution in [0.15, 0.2) is 29.3 Å². The topological polar surface area (TPSA) is 12.4 Å². The maximum Gasteiger partial charge on any atom is 0.0480 e. The van der Waals surface area contributed by atoms with Gasteiger partial charge in [-0.05, 0) is 23.4 Å². The van der Waals surface area contributed by atoms with Crippen molar-refractivity contribution in [3.8, 4) is 0 Å². The Hall–Kier alpha value is -0.470. The molecule has 1 aromatic carbocycles. The molecule has 1 rings (SSSR count). The Morgan fingerprint density at radius 3 is 2.71 bits per heavy atom. The lowest BCUT2D eigenvalue weighted by Crippen LogP contribution is -1.87. The number of nitrogens with zero attached hydrogens (tertiary/aromatic N) is 1. The zero-order valence-corrected chi connectivity index (χ0v) is 9.81. The molecule has 0 unspecified atom stereocenters. The third-order valence-corrected chi connectivity index (χ3v) is 2.81. The second-order valence-corrected chi connectivity index (χ2v) is 4.61. The average Bonchev–Trinajstić information content (AvgIpc) is 2.21. The highest BCUT2D eigenvalue weighted by atomic mass is 35.5. The summed E-state index contributed by atoms with van der Waals surface area (Å²) in [5, 5.41) is 0.767. The van der Waals surface area contributed by atoms with Crippen molar-refractivity contribution in [2.45, 2.75) is 6.92 Å². The Morgan fingerprint density at radius 2 is 2.07 bits per heavy atom. The number of halogens is 1. The molecular formula is C11H14ClNS. The van der Waals surface area contributed by atoms with Crippen LogP contribution in [0.5, 0.6) is 0 Å². The van der Waals surface area contributed by atoms with E-state index in [-0.39, 0.29) is 0 Å². The van der Waals surface area contributed by atoms with Crippen LogP contribution in [0.3, 0.4) is 0 Å². The number of rotatable bonds is 5. The summed E-state index contributed by atoms with van der Waals surface area (Å²) in [7, 11) is 0. The van der Waals surface area contributed by atoms with Gasteiger partial charge in [-0.25, -0.2) is 0 Å². The molecule has 0 aliphatic carbocycles. The van der Waals surface area contributed by atoms with Crippen LogP contribution in [0.2, 0.25) is 5.02 Å². The molecule has 3 heteroatoms. The van der Waals surface area contributed by atoms with Crippen LogP contribution in [0.25, 0.3) is 0 Å². The SMILES string of the molecule is CCSCCN=Cc1ccc(Cl)cc1. The molecule has 0 spiro atoms. The molecule has 0 amide bonds. The molecule has 0 aromatic heterocycles. The van der Waals surface area contributed by atoms with E-state index in [1.165, 1.54) is 0 Å². The number of thioether (sulfide) groups is 1. The number of benzene rings is 1. The third kappa shape index (κ3) is 4.68. The summed E-state index contributed by atoms with van der Waals surface area (Å²) in [5.41, 5.74) is 1.11. The summed E-state index contributed by atoms with van der Waals surface area (Å²) >= 11 is 7.68. The highest BCUT2D eigenvalue weighted by Crippen LogP contribution is 2.07. The monoisotopic (exact) mass is 227 g/mol. The van der Waals surface area contributed by atoms with Gasteiger partial charge in [-0.1, -0.05) is 30.7 Å². The molecule has 0 fully saturated rings. The summed E-state index contributed by atoms with van der Waals surface area (Å²) < 4.78 is 0. The first-order valence-corrected chi connectivity index (χ1v) is 6.19. The van der Waals surface area contributed by atoms with Crippen LogP contribution in [0.4, 0.5) is 0 Å². The van der Waals surface area contributed by atoms with E-state index in [0.29, 0.717) is 0 Å². The smallest absolute Gasteiger partial charge is 0.0480 e. The van der Waals surface area contributed by atoms with Gasteiger partial charge in [-0.3, -0.25) is 4.99 Å². The van der Waals surface area contributed by atoms with E-state index in [0.717, 1.165) is 28.6 Å². The number of aliphatic imine (C=N–C) groups is 1. The predicted octanol–water partition coefficient (Wildman–Crippen LogP) is 3.51. The fourth-order valence-corrected chi connectivity index (χ4v) is 1.63. The Kier molecular flexibility index (Phi) is 5.72. The number of hydrogen-bond acceptors (Lipinski definition) is 2. The normalized spacial score (nSPS) is 11.0. The van der Waals surface area contributed by atoms with Crippen molar-refractivity contribution in [2.75, 3.05) is 18.1 Å². The second-order valence-electron chi connectivity index (χ2n) is 2.78. The molecule has 0 atom stereocenters. The van der Waals surface area contributed by atoms with Crippen molar-refractivity contribution in [1.29, 1.82) is 0 Å². The minimum absolute atomic E-state index is 0.767. The molecule has 0 saturated carbocycles. The van der Waals surface area contributed by atoms with Crippen LogP contribution in [0.1, 0.15) is 12.5 Å². The lowest BCUT2D eigenvalue weighted by Gasteiger charge is -1.94. The highest BCUT2D eigenvalue weighted by Gasteiger charge is 1.88. The van der Waals surface area contributed by atoms with Gasteiger partial charge in [0.1, 0.15) is 0 Å². The van der Waals surface area contributed by atoms with Crippen molar-refractivity contribution in [3.63, 3.8) is 0 Å². The standard InChI is InChI=1S/C11H14ClNS/c1-2-14-8-7-13-9-10-3-5-11(12)6-4-10/h3-6,9H,2,7-8H2,1H3. The lowest BCUT2D eigenvalue weighted by molar-refractivity contribution is 1.15. The van der Waals surface area contributed by atoms with Gasteiger partial charge in [-0.15, -0.1) is 0 Å². The third-order valence-electron chi connectivity index (χ3n) is 1.68. The van der Waals surface area contributed by atoms with E-state index in [4.69, 9.17) is 11.6 Å². The predicted molar refractivity (Wildman–Crippen MR) is 66.9 cm³/mol. The van der Waals surface area contributed by atoms with Crippen molar-refractivity contribution < 1.29 is 0 Å². The molecule has 14 heavy (non-hydrogen) atoms. The van der Waals surface area contributed by atoms with Gasteiger partial charge in [0.05, 0.1) is 0 Å². The Balaban J connectivity index is 2.33. The Labute approximate surface area is 94.6 Å². The lowest BCUT2D eigenvalue weighted by atomic mass is 10.2. The van der Waals surface area contributed by atoms with Gasteiger partial charge in [0.15, 0.2) is 0 Å². The molecule has 1 nitrogen and oxygen atoms in total. The van der Waals surface area contributed by atoms with Crippen LogP contribution in [0, 0.1) is 0 Å².